The molecule has 0 atom stereocenters. The monoisotopic (exact) mass is 330 g/mol. The van der Waals surface area contributed by atoms with E-state index < -0.39 is 0 Å². The maximum atomic E-state index is 9.02. The van der Waals surface area contributed by atoms with E-state index in [1.165, 1.54) is 64.0 Å². The summed E-state index contributed by atoms with van der Waals surface area (Å²) < 4.78 is 0. The fraction of sp³-hybridized carbons (Fsp3) is 0.565. The van der Waals surface area contributed by atoms with Gasteiger partial charge in [-0.3, -0.25) is 0 Å². The number of allylic oxidation sites excluding steroid dienone is 9. The van der Waals surface area contributed by atoms with Crippen LogP contribution in [0, 0.1) is 0 Å². The van der Waals surface area contributed by atoms with E-state index in [1.807, 2.05) is 30.4 Å². The van der Waals surface area contributed by atoms with Crippen LogP contribution in [0.25, 0.3) is 0 Å². The normalized spacial score (nSPS) is 13.3. The van der Waals surface area contributed by atoms with Crippen LogP contribution in [0.15, 0.2) is 60.4 Å². The minimum Gasteiger partial charge on any atom is -0.515 e. The molecule has 1 heteroatoms. The number of hydrogen-bond donors (Lipinski definition) is 1. The molecular formula is C23H38O. The van der Waals surface area contributed by atoms with Gasteiger partial charge in [-0.2, -0.15) is 0 Å². The van der Waals surface area contributed by atoms with Crippen molar-refractivity contribution < 1.29 is 5.11 Å². The lowest BCUT2D eigenvalue weighted by Crippen LogP contribution is -1.79. The van der Waals surface area contributed by atoms with Gasteiger partial charge in [0.1, 0.15) is 0 Å². The summed E-state index contributed by atoms with van der Waals surface area (Å²) in [5.74, 6) is 0. The Balaban J connectivity index is 3.57. The molecule has 0 spiro atoms. The van der Waals surface area contributed by atoms with Crippen molar-refractivity contribution in [1.29, 1.82) is 0 Å². The van der Waals surface area contributed by atoms with E-state index >= 15 is 0 Å². The molecule has 0 aliphatic rings. The third-order valence-electron chi connectivity index (χ3n) is 3.93. The first-order valence-corrected chi connectivity index (χ1v) is 9.84. The highest BCUT2D eigenvalue weighted by Crippen LogP contribution is 2.09. The Hall–Kier alpha value is -1.50. The molecule has 0 amide bonds. The Kier molecular flexibility index (Phi) is 18.3. The van der Waals surface area contributed by atoms with Crippen LogP contribution >= 0.6 is 0 Å². The Morgan fingerprint density at radius 1 is 0.667 bits per heavy atom. The lowest BCUT2D eigenvalue weighted by Gasteiger charge is -1.99. The lowest BCUT2D eigenvalue weighted by molar-refractivity contribution is 0.466. The van der Waals surface area contributed by atoms with E-state index in [1.54, 1.807) is 0 Å². The molecule has 0 heterocycles. The fourth-order valence-electron chi connectivity index (χ4n) is 2.49. The molecule has 0 saturated heterocycles. The van der Waals surface area contributed by atoms with Crippen LogP contribution in [0.5, 0.6) is 0 Å². The van der Waals surface area contributed by atoms with Crippen LogP contribution in [0.3, 0.4) is 0 Å². The molecule has 0 aliphatic carbocycles. The van der Waals surface area contributed by atoms with Gasteiger partial charge in [0.2, 0.25) is 0 Å². The van der Waals surface area contributed by atoms with Crippen molar-refractivity contribution in [2.45, 2.75) is 84.5 Å². The molecule has 0 saturated carbocycles. The highest BCUT2D eigenvalue weighted by atomic mass is 16.2. The summed E-state index contributed by atoms with van der Waals surface area (Å²) in [5, 5.41) is 9.02. The molecule has 24 heavy (non-hydrogen) atoms. The number of aliphatic hydroxyl groups excluding tert-OH is 1. The molecule has 0 aromatic rings. The van der Waals surface area contributed by atoms with Crippen molar-refractivity contribution >= 4 is 0 Å². The van der Waals surface area contributed by atoms with Gasteiger partial charge in [0.05, 0.1) is 6.26 Å². The number of unbranched alkanes of at least 4 members (excludes halogenated alkanes) is 8. The minimum absolute atomic E-state index is 0.915. The summed E-state index contributed by atoms with van der Waals surface area (Å²) >= 11 is 0. The van der Waals surface area contributed by atoms with Gasteiger partial charge in [-0.25, -0.2) is 0 Å². The molecule has 0 aliphatic heterocycles. The Labute approximate surface area is 150 Å². The predicted octanol–water partition coefficient (Wildman–Crippen LogP) is 7.98. The van der Waals surface area contributed by atoms with E-state index in [0.29, 0.717) is 0 Å². The Morgan fingerprint density at radius 2 is 1.25 bits per heavy atom. The molecule has 0 radical (unpaired) electrons. The second kappa shape index (κ2) is 19.5. The van der Waals surface area contributed by atoms with E-state index in [-0.39, 0.29) is 0 Å². The first-order valence-electron chi connectivity index (χ1n) is 9.84. The average Bonchev–Trinajstić information content (AvgIpc) is 2.60. The average molecular weight is 331 g/mol. The SMILES string of the molecule is CCCCCCCCCC/C=C/C=C\C=C\C=C\C(=C\O)CCC. The van der Waals surface area contributed by atoms with Crippen molar-refractivity contribution in [2.75, 3.05) is 0 Å². The van der Waals surface area contributed by atoms with Crippen molar-refractivity contribution in [1.82, 2.24) is 0 Å². The van der Waals surface area contributed by atoms with Crippen LogP contribution in [-0.4, -0.2) is 5.11 Å². The number of aliphatic hydroxyl groups is 1. The van der Waals surface area contributed by atoms with Crippen molar-refractivity contribution in [3.8, 4) is 0 Å². The van der Waals surface area contributed by atoms with Crippen molar-refractivity contribution in [2.24, 2.45) is 0 Å². The van der Waals surface area contributed by atoms with Gasteiger partial charge in [-0.1, -0.05) is 114 Å². The van der Waals surface area contributed by atoms with Gasteiger partial charge in [0, 0.05) is 0 Å². The zero-order valence-corrected chi connectivity index (χ0v) is 15.9. The van der Waals surface area contributed by atoms with Crippen LogP contribution in [0.4, 0.5) is 0 Å². The molecule has 0 aromatic carbocycles. The van der Waals surface area contributed by atoms with E-state index in [2.05, 4.69) is 32.1 Å². The van der Waals surface area contributed by atoms with E-state index in [9.17, 15) is 0 Å². The molecule has 0 fully saturated rings. The van der Waals surface area contributed by atoms with Gasteiger partial charge in [-0.05, 0) is 24.8 Å². The van der Waals surface area contributed by atoms with Gasteiger partial charge >= 0.3 is 0 Å². The summed E-state index contributed by atoms with van der Waals surface area (Å²) in [4.78, 5) is 0. The number of rotatable bonds is 15. The van der Waals surface area contributed by atoms with Crippen LogP contribution in [0.1, 0.15) is 84.5 Å². The van der Waals surface area contributed by atoms with Gasteiger partial charge in [0.15, 0.2) is 0 Å². The summed E-state index contributed by atoms with van der Waals surface area (Å²) in [6.07, 6.45) is 31.8. The molecule has 1 nitrogen and oxygen atoms in total. The van der Waals surface area contributed by atoms with Gasteiger partial charge < -0.3 is 5.11 Å². The zero-order chi connectivity index (χ0) is 17.7. The minimum atomic E-state index is 0.915. The van der Waals surface area contributed by atoms with E-state index in [4.69, 9.17) is 5.11 Å². The van der Waals surface area contributed by atoms with Crippen molar-refractivity contribution in [3.05, 3.63) is 60.4 Å². The highest BCUT2D eigenvalue weighted by molar-refractivity contribution is 5.22. The van der Waals surface area contributed by atoms with E-state index in [0.717, 1.165) is 18.4 Å². The van der Waals surface area contributed by atoms with Crippen LogP contribution < -0.4 is 0 Å². The summed E-state index contributed by atoms with van der Waals surface area (Å²) in [6.45, 7) is 4.38. The topological polar surface area (TPSA) is 20.2 Å². The molecule has 0 rings (SSSR count). The summed E-state index contributed by atoms with van der Waals surface area (Å²) in [5.41, 5.74) is 0.969. The van der Waals surface area contributed by atoms with Crippen molar-refractivity contribution in [3.63, 3.8) is 0 Å². The third kappa shape index (κ3) is 16.9. The maximum Gasteiger partial charge on any atom is 0.0823 e. The Morgan fingerprint density at radius 3 is 1.88 bits per heavy atom. The molecule has 1 N–H and O–H groups in total. The summed E-state index contributed by atoms with van der Waals surface area (Å²) in [7, 11) is 0. The standard InChI is InChI=1S/C23H38O/c1-3-5-6-7-8-9-10-11-12-13-14-15-16-17-18-19-21-23(22-24)20-4-2/h13-19,21-22,24H,3-12,20H2,1-2H3/b14-13+,16-15-,18-17+,21-19+,23-22+. The van der Waals surface area contributed by atoms with Gasteiger partial charge in [-0.15, -0.1) is 0 Å². The molecular weight excluding hydrogens is 292 g/mol. The molecule has 0 aromatic heterocycles. The zero-order valence-electron chi connectivity index (χ0n) is 15.9. The maximum absolute atomic E-state index is 9.02. The second-order valence-electron chi connectivity index (χ2n) is 6.27. The molecule has 136 valence electrons. The fourth-order valence-corrected chi connectivity index (χ4v) is 2.49. The van der Waals surface area contributed by atoms with Crippen LogP contribution in [-0.2, 0) is 0 Å². The number of hydrogen-bond acceptors (Lipinski definition) is 1. The second-order valence-corrected chi connectivity index (χ2v) is 6.27. The first kappa shape index (κ1) is 22.5. The van der Waals surface area contributed by atoms with Crippen LogP contribution in [0.2, 0.25) is 0 Å². The largest absolute Gasteiger partial charge is 0.515 e. The first-order chi connectivity index (χ1) is 11.8. The van der Waals surface area contributed by atoms with Gasteiger partial charge in [0.25, 0.3) is 0 Å². The summed E-state index contributed by atoms with van der Waals surface area (Å²) in [6, 6.07) is 0. The smallest absolute Gasteiger partial charge is 0.0823 e. The lowest BCUT2D eigenvalue weighted by atomic mass is 10.1. The predicted molar refractivity (Wildman–Crippen MR) is 109 cm³/mol. The Bertz CT molecular complexity index is 396. The highest BCUT2D eigenvalue weighted by Gasteiger charge is 1.90. The quantitative estimate of drug-likeness (QED) is 0.183. The third-order valence-corrected chi connectivity index (χ3v) is 3.93. The molecule has 0 bridgehead atoms. The molecule has 0 unspecified atom stereocenters.